The molecule has 0 spiro atoms. The van der Waals surface area contributed by atoms with Crippen molar-refractivity contribution in [1.82, 2.24) is 29.2 Å². The summed E-state index contributed by atoms with van der Waals surface area (Å²) in [6, 6.07) is 9.39. The fourth-order valence-corrected chi connectivity index (χ4v) is 5.01. The molecule has 1 aliphatic rings. The zero-order valence-corrected chi connectivity index (χ0v) is 22.3. The molecule has 204 valence electrons. The third-order valence-corrected chi connectivity index (χ3v) is 7.08. The van der Waals surface area contributed by atoms with Crippen molar-refractivity contribution < 1.29 is 13.5 Å². The highest BCUT2D eigenvalue weighted by molar-refractivity contribution is 5.71. The van der Waals surface area contributed by atoms with Gasteiger partial charge in [-0.25, -0.2) is 18.7 Å². The maximum atomic E-state index is 13.8. The van der Waals surface area contributed by atoms with Crippen molar-refractivity contribution in [1.29, 1.82) is 0 Å². The number of nitrogens with zero attached hydrogens (tertiary/aromatic N) is 6. The monoisotopic (exact) mass is 541 g/mol. The van der Waals surface area contributed by atoms with E-state index in [1.54, 1.807) is 29.2 Å². The van der Waals surface area contributed by atoms with Gasteiger partial charge in [0.25, 0.3) is 0 Å². The Balaban J connectivity index is 1.27. The lowest BCUT2D eigenvalue weighted by molar-refractivity contribution is 0.114. The average Bonchev–Trinajstić information content (AvgIpc) is 3.38. The summed E-state index contributed by atoms with van der Waals surface area (Å²) in [6.45, 7) is 4.37. The summed E-state index contributed by atoms with van der Waals surface area (Å²) in [5.74, 6) is -0.0129. The number of halogens is 2. The van der Waals surface area contributed by atoms with E-state index in [-0.39, 0.29) is 6.10 Å². The smallest absolute Gasteiger partial charge is 0.180 e. The van der Waals surface area contributed by atoms with Crippen molar-refractivity contribution in [2.75, 3.05) is 25.5 Å². The zero-order valence-electron chi connectivity index (χ0n) is 22.3. The molecule has 0 radical (unpaired) electrons. The molecular formula is C30H29F2N7O. The first kappa shape index (κ1) is 25.8. The second kappa shape index (κ2) is 11.0. The van der Waals surface area contributed by atoms with E-state index in [1.807, 2.05) is 31.3 Å². The van der Waals surface area contributed by atoms with Gasteiger partial charge in [-0.05, 0) is 62.7 Å². The summed E-state index contributed by atoms with van der Waals surface area (Å²) in [4.78, 5) is 20.3. The summed E-state index contributed by atoms with van der Waals surface area (Å²) in [7, 11) is 2.13. The summed E-state index contributed by atoms with van der Waals surface area (Å²) in [6.07, 6.45) is 10.6. The van der Waals surface area contributed by atoms with Crippen LogP contribution in [0.5, 0.6) is 5.75 Å². The van der Waals surface area contributed by atoms with E-state index in [0.29, 0.717) is 29.3 Å². The molecule has 1 N–H and O–H groups in total. The molecule has 5 heterocycles. The quantitative estimate of drug-likeness (QED) is 0.290. The molecule has 4 aromatic heterocycles. The van der Waals surface area contributed by atoms with E-state index in [2.05, 4.69) is 32.2 Å². The van der Waals surface area contributed by atoms with Crippen LogP contribution in [0.25, 0.3) is 28.2 Å². The Bertz CT molecular complexity index is 1640. The molecule has 0 unspecified atom stereocenters. The maximum Gasteiger partial charge on any atom is 0.180 e. The number of benzene rings is 1. The van der Waals surface area contributed by atoms with E-state index in [4.69, 9.17) is 9.72 Å². The first-order chi connectivity index (χ1) is 19.4. The van der Waals surface area contributed by atoms with Crippen LogP contribution < -0.4 is 10.1 Å². The van der Waals surface area contributed by atoms with Crippen LogP contribution in [-0.4, -0.2) is 55.5 Å². The number of hydrogen-bond acceptors (Lipinski definition) is 7. The SMILES string of the molecule is Cc1cc(-c2ncc(CNc3nccn4c(-c5cc(F)cc(F)c5)cnc34)cc2OC2CCN(C)CC2)ccn1. The third-order valence-electron chi connectivity index (χ3n) is 7.08. The van der Waals surface area contributed by atoms with Gasteiger partial charge in [-0.1, -0.05) is 0 Å². The molecular weight excluding hydrogens is 512 g/mol. The van der Waals surface area contributed by atoms with E-state index in [1.165, 1.54) is 12.1 Å². The van der Waals surface area contributed by atoms with Crippen molar-refractivity contribution in [2.24, 2.45) is 0 Å². The highest BCUT2D eigenvalue weighted by Crippen LogP contribution is 2.32. The van der Waals surface area contributed by atoms with Gasteiger partial charge in [0, 0.05) is 67.3 Å². The van der Waals surface area contributed by atoms with E-state index in [9.17, 15) is 8.78 Å². The van der Waals surface area contributed by atoms with E-state index >= 15 is 0 Å². The molecule has 40 heavy (non-hydrogen) atoms. The maximum absolute atomic E-state index is 13.8. The van der Waals surface area contributed by atoms with Gasteiger partial charge >= 0.3 is 0 Å². The molecule has 5 aromatic rings. The van der Waals surface area contributed by atoms with Gasteiger partial charge in [-0.15, -0.1) is 0 Å². The van der Waals surface area contributed by atoms with Crippen LogP contribution in [0.2, 0.25) is 0 Å². The molecule has 0 atom stereocenters. The first-order valence-electron chi connectivity index (χ1n) is 13.2. The van der Waals surface area contributed by atoms with Crippen molar-refractivity contribution in [3.8, 4) is 28.3 Å². The third kappa shape index (κ3) is 5.48. The molecule has 0 bridgehead atoms. The second-order valence-corrected chi connectivity index (χ2v) is 10.1. The number of fused-ring (bicyclic) bond motifs is 1. The number of aryl methyl sites for hydroxylation is 1. The van der Waals surface area contributed by atoms with Gasteiger partial charge in [-0.2, -0.15) is 0 Å². The first-order valence-corrected chi connectivity index (χ1v) is 13.2. The van der Waals surface area contributed by atoms with Crippen molar-refractivity contribution in [3.63, 3.8) is 0 Å². The lowest BCUT2D eigenvalue weighted by Crippen LogP contribution is -2.35. The number of pyridine rings is 2. The Morgan fingerprint density at radius 2 is 1.73 bits per heavy atom. The summed E-state index contributed by atoms with van der Waals surface area (Å²) >= 11 is 0. The molecule has 0 aliphatic carbocycles. The van der Waals surface area contributed by atoms with E-state index < -0.39 is 11.6 Å². The van der Waals surface area contributed by atoms with Crippen molar-refractivity contribution in [2.45, 2.75) is 32.4 Å². The Morgan fingerprint density at radius 3 is 2.50 bits per heavy atom. The molecule has 1 saturated heterocycles. The van der Waals surface area contributed by atoms with Gasteiger partial charge in [0.05, 0.1) is 11.9 Å². The van der Waals surface area contributed by atoms with Crippen LogP contribution in [-0.2, 0) is 6.54 Å². The van der Waals surface area contributed by atoms with Crippen LogP contribution >= 0.6 is 0 Å². The van der Waals surface area contributed by atoms with Crippen LogP contribution in [0.1, 0.15) is 24.1 Å². The van der Waals surface area contributed by atoms with Crippen molar-refractivity contribution >= 4 is 11.5 Å². The molecule has 0 saturated carbocycles. The molecule has 0 amide bonds. The van der Waals surface area contributed by atoms with Crippen LogP contribution in [0.3, 0.4) is 0 Å². The van der Waals surface area contributed by atoms with Crippen LogP contribution in [0.15, 0.2) is 67.4 Å². The number of aromatic nitrogens is 5. The van der Waals surface area contributed by atoms with Gasteiger partial charge in [-0.3, -0.25) is 14.4 Å². The predicted molar refractivity (Wildman–Crippen MR) is 149 cm³/mol. The fourth-order valence-electron chi connectivity index (χ4n) is 5.01. The summed E-state index contributed by atoms with van der Waals surface area (Å²) in [5, 5.41) is 3.34. The normalized spacial score (nSPS) is 14.5. The number of anilines is 1. The molecule has 1 aromatic carbocycles. The highest BCUT2D eigenvalue weighted by atomic mass is 19.1. The van der Waals surface area contributed by atoms with Gasteiger partial charge in [0.1, 0.15) is 29.2 Å². The number of likely N-dealkylation sites (tertiary alicyclic amines) is 1. The van der Waals surface area contributed by atoms with Gasteiger partial charge < -0.3 is 15.0 Å². The fraction of sp³-hybridized carbons (Fsp3) is 0.267. The largest absolute Gasteiger partial charge is 0.488 e. The molecule has 10 heteroatoms. The Kier molecular flexibility index (Phi) is 7.08. The number of hydrogen-bond donors (Lipinski definition) is 1. The number of rotatable bonds is 7. The molecule has 6 rings (SSSR count). The summed E-state index contributed by atoms with van der Waals surface area (Å²) < 4.78 is 36.0. The minimum absolute atomic E-state index is 0.120. The Morgan fingerprint density at radius 1 is 0.925 bits per heavy atom. The number of imidazole rings is 1. The standard InChI is InChI=1S/C30H29F2N7O/c1-19-11-21(3-6-33-19)28-27(40-25-4-8-38(2)9-5-25)12-20(16-35-28)17-36-29-30-37-18-26(39(30)10-7-34-29)22-13-23(31)15-24(32)14-22/h3,6-7,10-16,18,25H,4-5,8-9,17H2,1-2H3,(H,34,36). The lowest BCUT2D eigenvalue weighted by atomic mass is 10.1. The number of piperidine rings is 1. The zero-order chi connectivity index (χ0) is 27.6. The summed E-state index contributed by atoms with van der Waals surface area (Å²) in [5.41, 5.74) is 5.07. The van der Waals surface area contributed by atoms with Crippen LogP contribution in [0.4, 0.5) is 14.6 Å². The molecule has 1 aliphatic heterocycles. The minimum atomic E-state index is -0.645. The average molecular weight is 542 g/mol. The van der Waals surface area contributed by atoms with E-state index in [0.717, 1.165) is 60.3 Å². The highest BCUT2D eigenvalue weighted by Gasteiger charge is 2.21. The van der Waals surface area contributed by atoms with Gasteiger partial charge in [0.2, 0.25) is 0 Å². The Labute approximate surface area is 230 Å². The van der Waals surface area contributed by atoms with Crippen LogP contribution in [0, 0.1) is 18.6 Å². The minimum Gasteiger partial charge on any atom is -0.488 e. The van der Waals surface area contributed by atoms with Gasteiger partial charge in [0.15, 0.2) is 11.5 Å². The van der Waals surface area contributed by atoms with Crippen molar-refractivity contribution in [3.05, 3.63) is 90.3 Å². The molecule has 1 fully saturated rings. The lowest BCUT2D eigenvalue weighted by Gasteiger charge is -2.30. The predicted octanol–water partition coefficient (Wildman–Crippen LogP) is 5.53. The second-order valence-electron chi connectivity index (χ2n) is 10.1. The topological polar surface area (TPSA) is 80.5 Å². The number of ether oxygens (including phenoxy) is 1. The molecule has 8 nitrogen and oxygen atoms in total. The number of nitrogens with one attached hydrogen (secondary N) is 1. The Hall–Kier alpha value is -4.44.